The van der Waals surface area contributed by atoms with Gasteiger partial charge in [0.2, 0.25) is 11.9 Å². The van der Waals surface area contributed by atoms with Gasteiger partial charge in [0.15, 0.2) is 0 Å². The molecule has 0 spiro atoms. The van der Waals surface area contributed by atoms with E-state index in [-0.39, 0.29) is 28.6 Å². The summed E-state index contributed by atoms with van der Waals surface area (Å²) in [5.74, 6) is 0.538. The normalized spacial score (nSPS) is 11.6. The van der Waals surface area contributed by atoms with Gasteiger partial charge in [-0.15, -0.1) is 0 Å². The second kappa shape index (κ2) is 11.0. The van der Waals surface area contributed by atoms with Crippen molar-refractivity contribution < 1.29 is 17.9 Å². The maximum atomic E-state index is 12.4. The first-order valence-electron chi connectivity index (χ1n) is 10.7. The lowest BCUT2D eigenvalue weighted by molar-refractivity contribution is -0.116. The predicted octanol–water partition coefficient (Wildman–Crippen LogP) is 5.14. The molecule has 0 fully saturated rings. The number of nitrogens with one attached hydrogen (secondary N) is 2. The van der Waals surface area contributed by atoms with Crippen LogP contribution in [0.4, 0.5) is 11.6 Å². The minimum absolute atomic E-state index is 0.0146. The van der Waals surface area contributed by atoms with Crippen LogP contribution in [0.1, 0.15) is 39.2 Å². The highest BCUT2D eigenvalue weighted by molar-refractivity contribution is 9.10. The molecule has 8 nitrogen and oxygen atoms in total. The molecule has 34 heavy (non-hydrogen) atoms. The summed E-state index contributed by atoms with van der Waals surface area (Å²) in [5.41, 5.74) is 1.75. The van der Waals surface area contributed by atoms with Crippen LogP contribution in [0.15, 0.2) is 70.3 Å². The fourth-order valence-corrected chi connectivity index (χ4v) is 4.42. The monoisotopic (exact) mass is 546 g/mol. The number of carbonyl (C=O) groups excluding carboxylic acids is 1. The number of hydrogen-bond acceptors (Lipinski definition) is 6. The van der Waals surface area contributed by atoms with Crippen molar-refractivity contribution in [2.24, 2.45) is 0 Å². The van der Waals surface area contributed by atoms with Crippen molar-refractivity contribution in [3.05, 3.63) is 71.0 Å². The number of halogens is 1. The molecule has 1 heterocycles. The standard InChI is InChI=1S/C24H27BrN4O4S/c1-24(2,3)17-7-12-21(20(25)16-17)33-15-4-6-22(30)28-18-8-10-19(11-9-18)34(31,32)29-23-26-13-5-14-27-23/h5,7-14,16H,4,6,15H2,1-3H3,(H,28,30)(H,26,27,29). The molecule has 0 saturated heterocycles. The number of amides is 1. The third kappa shape index (κ3) is 7.26. The molecule has 3 rings (SSSR count). The topological polar surface area (TPSA) is 110 Å². The summed E-state index contributed by atoms with van der Waals surface area (Å²) in [6.45, 7) is 6.84. The molecule has 0 atom stereocenters. The van der Waals surface area contributed by atoms with E-state index in [1.54, 1.807) is 6.07 Å². The number of hydrogen-bond donors (Lipinski definition) is 2. The maximum absolute atomic E-state index is 12.4. The van der Waals surface area contributed by atoms with E-state index < -0.39 is 10.0 Å². The van der Waals surface area contributed by atoms with Crippen LogP contribution >= 0.6 is 15.9 Å². The molecular formula is C24H27BrN4O4S. The first-order valence-corrected chi connectivity index (χ1v) is 12.9. The zero-order valence-electron chi connectivity index (χ0n) is 19.2. The van der Waals surface area contributed by atoms with Crippen LogP contribution in [-0.4, -0.2) is 30.9 Å². The zero-order valence-corrected chi connectivity index (χ0v) is 21.6. The third-order valence-electron chi connectivity index (χ3n) is 4.84. The van der Waals surface area contributed by atoms with E-state index >= 15 is 0 Å². The number of carbonyl (C=O) groups is 1. The van der Waals surface area contributed by atoms with E-state index in [4.69, 9.17) is 4.74 Å². The summed E-state index contributed by atoms with van der Waals surface area (Å²) in [6, 6.07) is 13.5. The predicted molar refractivity (Wildman–Crippen MR) is 135 cm³/mol. The van der Waals surface area contributed by atoms with Crippen LogP contribution in [0.5, 0.6) is 5.75 Å². The van der Waals surface area contributed by atoms with E-state index in [2.05, 4.69) is 56.7 Å². The highest BCUT2D eigenvalue weighted by Gasteiger charge is 2.16. The number of sulfonamides is 1. The highest BCUT2D eigenvalue weighted by atomic mass is 79.9. The molecule has 2 N–H and O–H groups in total. The van der Waals surface area contributed by atoms with Gasteiger partial charge in [0.05, 0.1) is 16.0 Å². The summed E-state index contributed by atoms with van der Waals surface area (Å²) in [7, 11) is -3.83. The molecule has 0 aliphatic heterocycles. The van der Waals surface area contributed by atoms with Crippen molar-refractivity contribution in [3.8, 4) is 5.75 Å². The van der Waals surface area contributed by atoms with Gasteiger partial charge in [0, 0.05) is 24.5 Å². The van der Waals surface area contributed by atoms with Crippen LogP contribution in [0, 0.1) is 0 Å². The fraction of sp³-hybridized carbons (Fsp3) is 0.292. The first-order chi connectivity index (χ1) is 16.0. The Morgan fingerprint density at radius 3 is 2.35 bits per heavy atom. The van der Waals surface area contributed by atoms with Gasteiger partial charge >= 0.3 is 0 Å². The highest BCUT2D eigenvalue weighted by Crippen LogP contribution is 2.31. The summed E-state index contributed by atoms with van der Waals surface area (Å²) in [4.78, 5) is 20.0. The lowest BCUT2D eigenvalue weighted by Crippen LogP contribution is -2.15. The Labute approximate surface area is 208 Å². The van der Waals surface area contributed by atoms with Crippen molar-refractivity contribution in [3.63, 3.8) is 0 Å². The Bertz CT molecular complexity index is 1230. The quantitative estimate of drug-likeness (QED) is 0.359. The van der Waals surface area contributed by atoms with Crippen molar-refractivity contribution in [2.75, 3.05) is 16.6 Å². The second-order valence-electron chi connectivity index (χ2n) is 8.60. The zero-order chi connectivity index (χ0) is 24.8. The molecule has 2 aromatic carbocycles. The van der Waals surface area contributed by atoms with Gasteiger partial charge < -0.3 is 10.1 Å². The van der Waals surface area contributed by atoms with Gasteiger partial charge in [-0.3, -0.25) is 4.79 Å². The molecule has 0 saturated carbocycles. The van der Waals surface area contributed by atoms with E-state index in [1.165, 1.54) is 42.2 Å². The third-order valence-corrected chi connectivity index (χ3v) is 6.81. The lowest BCUT2D eigenvalue weighted by Gasteiger charge is -2.20. The molecule has 1 amide bonds. The van der Waals surface area contributed by atoms with Gasteiger partial charge in [-0.05, 0) is 75.8 Å². The summed E-state index contributed by atoms with van der Waals surface area (Å²) < 4.78 is 33.8. The Hall–Kier alpha value is -2.98. The van der Waals surface area contributed by atoms with E-state index in [0.29, 0.717) is 18.7 Å². The molecule has 3 aromatic rings. The molecule has 0 unspecified atom stereocenters. The van der Waals surface area contributed by atoms with E-state index in [0.717, 1.165) is 10.2 Å². The van der Waals surface area contributed by atoms with Crippen molar-refractivity contribution in [2.45, 2.75) is 43.9 Å². The van der Waals surface area contributed by atoms with Gasteiger partial charge in [0.25, 0.3) is 10.0 Å². The minimum Gasteiger partial charge on any atom is -0.492 e. The summed E-state index contributed by atoms with van der Waals surface area (Å²) in [5, 5.41) is 2.76. The second-order valence-corrected chi connectivity index (χ2v) is 11.1. The van der Waals surface area contributed by atoms with Gasteiger partial charge in [-0.1, -0.05) is 26.8 Å². The van der Waals surface area contributed by atoms with E-state index in [9.17, 15) is 13.2 Å². The van der Waals surface area contributed by atoms with Crippen molar-refractivity contribution in [1.29, 1.82) is 0 Å². The number of rotatable bonds is 9. The smallest absolute Gasteiger partial charge is 0.264 e. The average molecular weight is 547 g/mol. The van der Waals surface area contributed by atoms with Gasteiger partial charge in [-0.25, -0.2) is 23.1 Å². The number of anilines is 2. The molecule has 180 valence electrons. The van der Waals surface area contributed by atoms with Crippen LogP contribution < -0.4 is 14.8 Å². The molecular weight excluding hydrogens is 520 g/mol. The van der Waals surface area contributed by atoms with Gasteiger partial charge in [-0.2, -0.15) is 0 Å². The summed E-state index contributed by atoms with van der Waals surface area (Å²) in [6.07, 6.45) is 3.68. The Kier molecular flexibility index (Phi) is 8.27. The number of aromatic nitrogens is 2. The number of benzene rings is 2. The summed E-state index contributed by atoms with van der Waals surface area (Å²) >= 11 is 3.54. The minimum atomic E-state index is -3.83. The van der Waals surface area contributed by atoms with E-state index in [1.807, 2.05) is 18.2 Å². The molecule has 0 radical (unpaired) electrons. The maximum Gasteiger partial charge on any atom is 0.264 e. The van der Waals surface area contributed by atoms with Crippen LogP contribution in [-0.2, 0) is 20.2 Å². The molecule has 1 aromatic heterocycles. The number of nitrogens with zero attached hydrogens (tertiary/aromatic N) is 2. The number of ether oxygens (including phenoxy) is 1. The molecule has 0 bridgehead atoms. The Balaban J connectivity index is 1.46. The first kappa shape index (κ1) is 25.6. The lowest BCUT2D eigenvalue weighted by atomic mass is 9.87. The van der Waals surface area contributed by atoms with Crippen LogP contribution in [0.3, 0.4) is 0 Å². The van der Waals surface area contributed by atoms with Crippen LogP contribution in [0.2, 0.25) is 0 Å². The molecule has 10 heteroatoms. The Morgan fingerprint density at radius 2 is 1.74 bits per heavy atom. The van der Waals surface area contributed by atoms with Crippen molar-refractivity contribution >= 4 is 43.5 Å². The van der Waals surface area contributed by atoms with Crippen molar-refractivity contribution in [1.82, 2.24) is 9.97 Å². The Morgan fingerprint density at radius 1 is 1.06 bits per heavy atom. The fourth-order valence-electron chi connectivity index (χ4n) is 2.97. The largest absolute Gasteiger partial charge is 0.492 e. The molecule has 0 aliphatic carbocycles. The van der Waals surface area contributed by atoms with Gasteiger partial charge in [0.1, 0.15) is 5.75 Å². The SMILES string of the molecule is CC(C)(C)c1ccc(OCCCC(=O)Nc2ccc(S(=O)(=O)Nc3ncccn3)cc2)c(Br)c1. The van der Waals surface area contributed by atoms with Crippen LogP contribution in [0.25, 0.3) is 0 Å². The average Bonchev–Trinajstić information content (AvgIpc) is 2.77. The molecule has 0 aliphatic rings.